The number of hydrogen-bond donors (Lipinski definition) is 0. The van der Waals surface area contributed by atoms with E-state index in [2.05, 4.69) is 84.7 Å². The van der Waals surface area contributed by atoms with Crippen LogP contribution in [0.5, 0.6) is 0 Å². The maximum absolute atomic E-state index is 3.28. The van der Waals surface area contributed by atoms with Gasteiger partial charge in [0.2, 0.25) is 0 Å². The predicted octanol–water partition coefficient (Wildman–Crippen LogP) is 4.52. The van der Waals surface area contributed by atoms with E-state index in [1.807, 2.05) is 0 Å². The Kier molecular flexibility index (Phi) is 3.80. The third-order valence-corrected chi connectivity index (χ3v) is 3.38. The van der Waals surface area contributed by atoms with Gasteiger partial charge in [0.1, 0.15) is 0 Å². The minimum atomic E-state index is 0.809. The van der Waals surface area contributed by atoms with Crippen molar-refractivity contribution in [3.63, 3.8) is 0 Å². The van der Waals surface area contributed by atoms with Crippen molar-refractivity contribution in [2.75, 3.05) is 0 Å². The first-order chi connectivity index (χ1) is 9.92. The zero-order valence-electron chi connectivity index (χ0n) is 11.3. The van der Waals surface area contributed by atoms with Crippen molar-refractivity contribution in [1.29, 1.82) is 0 Å². The molecule has 0 amide bonds. The molecule has 0 heterocycles. The minimum Gasteiger partial charge on any atom is -0.0982 e. The fourth-order valence-corrected chi connectivity index (χ4v) is 2.31. The average Bonchev–Trinajstić information content (AvgIpc) is 2.50. The van der Waals surface area contributed by atoms with Crippen LogP contribution < -0.4 is 0 Å². The highest BCUT2D eigenvalue weighted by molar-refractivity contribution is 5.60. The van der Waals surface area contributed by atoms with Crippen LogP contribution in [0.4, 0.5) is 0 Å². The van der Waals surface area contributed by atoms with Crippen LogP contribution in [0.2, 0.25) is 0 Å². The zero-order valence-corrected chi connectivity index (χ0v) is 11.3. The molecule has 2 aromatic rings. The summed E-state index contributed by atoms with van der Waals surface area (Å²) in [7, 11) is 0. The molecule has 0 aromatic heterocycles. The van der Waals surface area contributed by atoms with Gasteiger partial charge in [0, 0.05) is 12.8 Å². The van der Waals surface area contributed by atoms with Gasteiger partial charge in [-0.05, 0) is 22.3 Å². The van der Waals surface area contributed by atoms with Gasteiger partial charge in [-0.15, -0.1) is 0 Å². The van der Waals surface area contributed by atoms with Gasteiger partial charge in [0.25, 0.3) is 0 Å². The molecule has 0 spiro atoms. The van der Waals surface area contributed by atoms with Gasteiger partial charge in [-0.1, -0.05) is 84.7 Å². The summed E-state index contributed by atoms with van der Waals surface area (Å²) in [6.45, 7) is 0. The fraction of sp³-hybridized carbons (Fsp3) is 0.100. The summed E-state index contributed by atoms with van der Waals surface area (Å²) < 4.78 is 0. The summed E-state index contributed by atoms with van der Waals surface area (Å²) in [6.07, 6.45) is 10.1. The molecule has 0 saturated heterocycles. The van der Waals surface area contributed by atoms with E-state index in [9.17, 15) is 0 Å². The summed E-state index contributed by atoms with van der Waals surface area (Å²) in [5.41, 5.74) is 5.03. The molecule has 0 atom stereocenters. The Morgan fingerprint density at radius 3 is 2.60 bits per heavy atom. The van der Waals surface area contributed by atoms with Crippen molar-refractivity contribution in [3.8, 4) is 11.8 Å². The Morgan fingerprint density at radius 1 is 0.750 bits per heavy atom. The van der Waals surface area contributed by atoms with Crippen LogP contribution in [0.15, 0.2) is 60.7 Å². The van der Waals surface area contributed by atoms with Gasteiger partial charge in [0.15, 0.2) is 0 Å². The predicted molar refractivity (Wildman–Crippen MR) is 86.1 cm³/mol. The number of hydrogen-bond acceptors (Lipinski definition) is 0. The molecule has 2 bridgehead atoms. The van der Waals surface area contributed by atoms with Gasteiger partial charge in [0.05, 0.1) is 0 Å². The lowest BCUT2D eigenvalue weighted by Gasteiger charge is -2.00. The highest BCUT2D eigenvalue weighted by Crippen LogP contribution is 2.13. The summed E-state index contributed by atoms with van der Waals surface area (Å²) in [4.78, 5) is 0. The summed E-state index contributed by atoms with van der Waals surface area (Å²) >= 11 is 0. The molecule has 96 valence electrons. The molecule has 1 aliphatic rings. The van der Waals surface area contributed by atoms with Crippen LogP contribution in [0, 0.1) is 11.8 Å². The molecule has 3 rings (SSSR count). The van der Waals surface area contributed by atoms with E-state index in [1.165, 1.54) is 22.3 Å². The third-order valence-electron chi connectivity index (χ3n) is 3.38. The average molecular weight is 256 g/mol. The lowest BCUT2D eigenvalue weighted by molar-refractivity contribution is 1.27. The first-order valence-electron chi connectivity index (χ1n) is 6.89. The summed E-state index contributed by atoms with van der Waals surface area (Å²) in [5.74, 6) is 6.56. The number of rotatable bonds is 0. The molecular formula is C20H16. The Bertz CT molecular complexity index is 721. The lowest BCUT2D eigenvalue weighted by atomic mass is 10.0. The first-order valence-corrected chi connectivity index (χ1v) is 6.89. The van der Waals surface area contributed by atoms with Crippen LogP contribution in [0.25, 0.3) is 12.2 Å². The summed E-state index contributed by atoms with van der Waals surface area (Å²) in [6, 6.07) is 17.0. The second kappa shape index (κ2) is 6.08. The SMILES string of the molecule is C1#CCc2ccccc2/C=C/C=C\c2cccc(c2)C1. The molecule has 0 radical (unpaired) electrons. The van der Waals surface area contributed by atoms with Crippen molar-refractivity contribution < 1.29 is 0 Å². The Labute approximate surface area is 120 Å². The Hall–Kier alpha value is -2.52. The second-order valence-corrected chi connectivity index (χ2v) is 4.87. The standard InChI is InChI=1S/C20H16/c1-3-12-19-14-5-6-15-20(19)13-4-2-9-18-11-7-10-17(8-1)16-18/h1,3,5-8,10-12,14-16H,9,13H2/b8-1-,12-3+. The molecule has 20 heavy (non-hydrogen) atoms. The van der Waals surface area contributed by atoms with Crippen molar-refractivity contribution in [2.45, 2.75) is 12.8 Å². The van der Waals surface area contributed by atoms with Crippen LogP contribution in [-0.2, 0) is 12.8 Å². The topological polar surface area (TPSA) is 0 Å². The molecule has 1 aliphatic carbocycles. The highest BCUT2D eigenvalue weighted by atomic mass is 14.0. The van der Waals surface area contributed by atoms with Gasteiger partial charge in [-0.25, -0.2) is 0 Å². The first kappa shape index (κ1) is 12.5. The van der Waals surface area contributed by atoms with Crippen molar-refractivity contribution in [3.05, 3.63) is 82.9 Å². The molecule has 0 N–H and O–H groups in total. The molecule has 0 saturated carbocycles. The molecule has 0 nitrogen and oxygen atoms in total. The number of fused-ring (bicyclic) bond motifs is 3. The largest absolute Gasteiger partial charge is 0.0982 e. The maximum Gasteiger partial charge on any atom is 0.0346 e. The van der Waals surface area contributed by atoms with Gasteiger partial charge >= 0.3 is 0 Å². The van der Waals surface area contributed by atoms with Crippen LogP contribution in [0.3, 0.4) is 0 Å². The van der Waals surface area contributed by atoms with Crippen LogP contribution in [0.1, 0.15) is 22.3 Å². The van der Waals surface area contributed by atoms with Crippen LogP contribution >= 0.6 is 0 Å². The maximum atomic E-state index is 3.28. The molecular weight excluding hydrogens is 240 g/mol. The monoisotopic (exact) mass is 256 g/mol. The fourth-order valence-electron chi connectivity index (χ4n) is 2.31. The second-order valence-electron chi connectivity index (χ2n) is 4.87. The molecule has 0 aliphatic heterocycles. The van der Waals surface area contributed by atoms with E-state index in [1.54, 1.807) is 0 Å². The lowest BCUT2D eigenvalue weighted by Crippen LogP contribution is -1.87. The van der Waals surface area contributed by atoms with Gasteiger partial charge < -0.3 is 0 Å². The van der Waals surface area contributed by atoms with Crippen molar-refractivity contribution in [1.82, 2.24) is 0 Å². The summed E-state index contributed by atoms with van der Waals surface area (Å²) in [5, 5.41) is 0. The number of allylic oxidation sites excluding steroid dienone is 2. The Balaban J connectivity index is 2.00. The third kappa shape index (κ3) is 3.08. The molecule has 2 aromatic carbocycles. The number of benzene rings is 2. The van der Waals surface area contributed by atoms with Gasteiger partial charge in [-0.2, -0.15) is 0 Å². The van der Waals surface area contributed by atoms with E-state index < -0.39 is 0 Å². The van der Waals surface area contributed by atoms with Crippen molar-refractivity contribution in [2.24, 2.45) is 0 Å². The van der Waals surface area contributed by atoms with E-state index in [0.29, 0.717) is 0 Å². The van der Waals surface area contributed by atoms with E-state index in [-0.39, 0.29) is 0 Å². The molecule has 0 fully saturated rings. The molecule has 0 heteroatoms. The highest BCUT2D eigenvalue weighted by Gasteiger charge is 1.96. The zero-order chi connectivity index (χ0) is 13.6. The van der Waals surface area contributed by atoms with Crippen molar-refractivity contribution >= 4 is 12.2 Å². The Morgan fingerprint density at radius 2 is 1.60 bits per heavy atom. The quantitative estimate of drug-likeness (QED) is 0.608. The van der Waals surface area contributed by atoms with Crippen LogP contribution in [-0.4, -0.2) is 0 Å². The van der Waals surface area contributed by atoms with Gasteiger partial charge in [-0.3, -0.25) is 0 Å². The van der Waals surface area contributed by atoms with E-state index in [0.717, 1.165) is 12.8 Å². The minimum absolute atomic E-state index is 0.809. The van der Waals surface area contributed by atoms with E-state index in [4.69, 9.17) is 0 Å². The smallest absolute Gasteiger partial charge is 0.0346 e. The normalized spacial score (nSPS) is 16.4. The van der Waals surface area contributed by atoms with E-state index >= 15 is 0 Å². The molecule has 0 unspecified atom stereocenters.